The second-order valence-corrected chi connectivity index (χ2v) is 10.2. The molecule has 5 rings (SSSR count). The number of hydrogen-bond donors (Lipinski definition) is 0. The zero-order valence-corrected chi connectivity index (χ0v) is 22.5. The lowest BCUT2D eigenvalue weighted by Gasteiger charge is -2.39. The number of benzene rings is 3. The average molecular weight is 533 g/mol. The van der Waals surface area contributed by atoms with Crippen molar-refractivity contribution in [3.05, 3.63) is 113 Å². The number of piperazine rings is 1. The number of nitrogens with zero attached hydrogens (tertiary/aromatic N) is 4. The molecule has 39 heavy (non-hydrogen) atoms. The standard InChI is InChI=1S/C32H35F3N4/c1-3-18-39-24(2)29(36-31(39)27-14-16-28(17-15-27)32(33,34)35)23-37-19-21-38(22-20-37)30(25-10-6-4-7-11-25)26-12-8-5-9-13-26/h4-17,30H,3,18-23H2,1-2H3. The van der Waals surface area contributed by atoms with E-state index in [0.717, 1.165) is 75.0 Å². The maximum Gasteiger partial charge on any atom is 0.416 e. The molecule has 0 aliphatic carbocycles. The van der Waals surface area contributed by atoms with Crippen LogP contribution in [-0.2, 0) is 19.3 Å². The molecule has 0 bridgehead atoms. The fraction of sp³-hybridized carbons (Fsp3) is 0.344. The first kappa shape index (κ1) is 27.2. The van der Waals surface area contributed by atoms with Crippen LogP contribution in [-0.4, -0.2) is 45.5 Å². The molecule has 0 saturated carbocycles. The van der Waals surface area contributed by atoms with Gasteiger partial charge in [0.15, 0.2) is 0 Å². The van der Waals surface area contributed by atoms with Crippen LogP contribution in [0, 0.1) is 6.92 Å². The Bertz CT molecular complexity index is 1300. The molecule has 0 spiro atoms. The Morgan fingerprint density at radius 3 is 1.87 bits per heavy atom. The molecule has 4 nitrogen and oxygen atoms in total. The molecule has 0 amide bonds. The van der Waals surface area contributed by atoms with Crippen molar-refractivity contribution in [2.24, 2.45) is 0 Å². The van der Waals surface area contributed by atoms with Gasteiger partial charge in [0.1, 0.15) is 5.82 Å². The minimum Gasteiger partial charge on any atom is -0.328 e. The summed E-state index contributed by atoms with van der Waals surface area (Å²) in [6.07, 6.45) is -3.43. The largest absolute Gasteiger partial charge is 0.416 e. The molecule has 1 fully saturated rings. The third-order valence-corrected chi connectivity index (χ3v) is 7.61. The highest BCUT2D eigenvalue weighted by Crippen LogP contribution is 2.32. The molecule has 3 aromatic carbocycles. The molecule has 1 aliphatic heterocycles. The van der Waals surface area contributed by atoms with Crippen molar-refractivity contribution in [3.8, 4) is 11.4 Å². The SMILES string of the molecule is CCCn1c(-c2ccc(C(F)(F)F)cc2)nc(CN2CCN(C(c3ccccc3)c3ccccc3)CC2)c1C. The van der Waals surface area contributed by atoms with Crippen molar-refractivity contribution in [1.29, 1.82) is 0 Å². The Hall–Kier alpha value is -3.42. The second-order valence-electron chi connectivity index (χ2n) is 10.2. The summed E-state index contributed by atoms with van der Waals surface area (Å²) in [6, 6.07) is 26.9. The Kier molecular flexibility index (Phi) is 8.19. The Morgan fingerprint density at radius 2 is 1.36 bits per heavy atom. The number of rotatable bonds is 8. The van der Waals surface area contributed by atoms with E-state index < -0.39 is 11.7 Å². The van der Waals surface area contributed by atoms with Crippen LogP contribution in [0.15, 0.2) is 84.9 Å². The fourth-order valence-electron chi connectivity index (χ4n) is 5.54. The molecule has 2 heterocycles. The van der Waals surface area contributed by atoms with Gasteiger partial charge in [0, 0.05) is 50.5 Å². The van der Waals surface area contributed by atoms with E-state index in [1.165, 1.54) is 23.3 Å². The lowest BCUT2D eigenvalue weighted by Crippen LogP contribution is -2.47. The number of imidazole rings is 1. The van der Waals surface area contributed by atoms with Gasteiger partial charge in [0.05, 0.1) is 17.3 Å². The molecule has 4 aromatic rings. The van der Waals surface area contributed by atoms with Crippen LogP contribution < -0.4 is 0 Å². The average Bonchev–Trinajstić information content (AvgIpc) is 3.25. The third kappa shape index (κ3) is 6.10. The molecule has 0 unspecified atom stereocenters. The number of hydrogen-bond acceptors (Lipinski definition) is 3. The minimum atomic E-state index is -4.35. The van der Waals surface area contributed by atoms with Crippen LogP contribution in [0.3, 0.4) is 0 Å². The van der Waals surface area contributed by atoms with Gasteiger partial charge in [-0.1, -0.05) is 79.7 Å². The van der Waals surface area contributed by atoms with Crippen molar-refractivity contribution in [1.82, 2.24) is 19.4 Å². The van der Waals surface area contributed by atoms with E-state index in [1.54, 1.807) is 0 Å². The lowest BCUT2D eigenvalue weighted by atomic mass is 9.96. The molecular weight excluding hydrogens is 497 g/mol. The molecule has 204 valence electrons. The highest BCUT2D eigenvalue weighted by Gasteiger charge is 2.31. The van der Waals surface area contributed by atoms with E-state index in [0.29, 0.717) is 5.56 Å². The maximum atomic E-state index is 13.1. The van der Waals surface area contributed by atoms with Crippen molar-refractivity contribution >= 4 is 0 Å². The van der Waals surface area contributed by atoms with Gasteiger partial charge in [-0.25, -0.2) is 4.98 Å². The second kappa shape index (κ2) is 11.8. The van der Waals surface area contributed by atoms with Crippen LogP contribution in [0.25, 0.3) is 11.4 Å². The summed E-state index contributed by atoms with van der Waals surface area (Å²) in [5.41, 5.74) is 4.75. The molecule has 1 saturated heterocycles. The summed E-state index contributed by atoms with van der Waals surface area (Å²) < 4.78 is 41.4. The molecule has 1 aromatic heterocycles. The van der Waals surface area contributed by atoms with E-state index >= 15 is 0 Å². The summed E-state index contributed by atoms with van der Waals surface area (Å²) in [6.45, 7) is 9.40. The summed E-state index contributed by atoms with van der Waals surface area (Å²) in [4.78, 5) is 9.95. The van der Waals surface area contributed by atoms with Gasteiger partial charge in [-0.15, -0.1) is 0 Å². The Labute approximate surface area is 228 Å². The smallest absolute Gasteiger partial charge is 0.328 e. The fourth-order valence-corrected chi connectivity index (χ4v) is 5.54. The third-order valence-electron chi connectivity index (χ3n) is 7.61. The van der Waals surface area contributed by atoms with Crippen LogP contribution >= 0.6 is 0 Å². The highest BCUT2D eigenvalue weighted by molar-refractivity contribution is 5.58. The highest BCUT2D eigenvalue weighted by atomic mass is 19.4. The summed E-state index contributed by atoms with van der Waals surface area (Å²) in [5.74, 6) is 0.741. The maximum absolute atomic E-state index is 13.1. The van der Waals surface area contributed by atoms with Crippen molar-refractivity contribution in [2.45, 2.75) is 45.6 Å². The van der Waals surface area contributed by atoms with Gasteiger partial charge < -0.3 is 4.57 Å². The summed E-state index contributed by atoms with van der Waals surface area (Å²) in [5, 5.41) is 0. The quantitative estimate of drug-likeness (QED) is 0.240. The zero-order chi connectivity index (χ0) is 27.4. The van der Waals surface area contributed by atoms with Crippen molar-refractivity contribution in [2.75, 3.05) is 26.2 Å². The Morgan fingerprint density at radius 1 is 0.795 bits per heavy atom. The predicted molar refractivity (Wildman–Crippen MR) is 149 cm³/mol. The molecule has 0 radical (unpaired) electrons. The molecule has 0 N–H and O–H groups in total. The molecule has 0 atom stereocenters. The van der Waals surface area contributed by atoms with Gasteiger partial charge in [0.2, 0.25) is 0 Å². The van der Waals surface area contributed by atoms with Gasteiger partial charge in [-0.05, 0) is 36.6 Å². The van der Waals surface area contributed by atoms with Gasteiger partial charge in [0.25, 0.3) is 0 Å². The van der Waals surface area contributed by atoms with Gasteiger partial charge >= 0.3 is 6.18 Å². The van der Waals surface area contributed by atoms with Gasteiger partial charge in [-0.2, -0.15) is 13.2 Å². The molecular formula is C32H35F3N4. The van der Waals surface area contributed by atoms with E-state index in [9.17, 15) is 13.2 Å². The topological polar surface area (TPSA) is 24.3 Å². The molecule has 1 aliphatic rings. The van der Waals surface area contributed by atoms with Crippen LogP contribution in [0.4, 0.5) is 13.2 Å². The van der Waals surface area contributed by atoms with Crippen molar-refractivity contribution in [3.63, 3.8) is 0 Å². The number of halogens is 3. The van der Waals surface area contributed by atoms with Crippen LogP contribution in [0.5, 0.6) is 0 Å². The minimum absolute atomic E-state index is 0.214. The zero-order valence-electron chi connectivity index (χ0n) is 22.5. The Balaban J connectivity index is 1.32. The van der Waals surface area contributed by atoms with Crippen molar-refractivity contribution < 1.29 is 13.2 Å². The normalized spacial score (nSPS) is 15.2. The number of aromatic nitrogens is 2. The summed E-state index contributed by atoms with van der Waals surface area (Å²) >= 11 is 0. The molecule has 7 heteroatoms. The van der Waals surface area contributed by atoms with E-state index in [4.69, 9.17) is 4.98 Å². The van der Waals surface area contributed by atoms with E-state index in [-0.39, 0.29) is 6.04 Å². The first-order valence-electron chi connectivity index (χ1n) is 13.6. The summed E-state index contributed by atoms with van der Waals surface area (Å²) in [7, 11) is 0. The number of alkyl halides is 3. The van der Waals surface area contributed by atoms with E-state index in [1.807, 2.05) is 0 Å². The first-order valence-corrected chi connectivity index (χ1v) is 13.6. The monoisotopic (exact) mass is 532 g/mol. The van der Waals surface area contributed by atoms with Crippen LogP contribution in [0.1, 0.15) is 47.5 Å². The van der Waals surface area contributed by atoms with E-state index in [2.05, 4.69) is 88.9 Å². The predicted octanol–water partition coefficient (Wildman–Crippen LogP) is 7.19. The first-order chi connectivity index (χ1) is 18.8. The lowest BCUT2D eigenvalue weighted by molar-refractivity contribution is -0.137. The van der Waals surface area contributed by atoms with Gasteiger partial charge in [-0.3, -0.25) is 9.80 Å². The van der Waals surface area contributed by atoms with Crippen LogP contribution in [0.2, 0.25) is 0 Å².